The van der Waals surface area contributed by atoms with Gasteiger partial charge in [-0.05, 0) is 30.6 Å². The molecule has 0 atom stereocenters. The molecule has 2 N–H and O–H groups in total. The molecule has 2 aromatic rings. The molecule has 0 spiro atoms. The lowest BCUT2D eigenvalue weighted by Crippen LogP contribution is -2.16. The molecule has 0 aliphatic heterocycles. The van der Waals surface area contributed by atoms with Gasteiger partial charge in [0.25, 0.3) is 10.0 Å². The summed E-state index contributed by atoms with van der Waals surface area (Å²) in [5.41, 5.74) is -0.411. The lowest BCUT2D eigenvalue weighted by atomic mass is 10.3. The second-order valence-electron chi connectivity index (χ2n) is 3.95. The molecule has 108 valence electrons. The molecule has 0 radical (unpaired) electrons. The lowest BCUT2D eigenvalue weighted by Gasteiger charge is -2.09. The third-order valence-electron chi connectivity index (χ3n) is 2.53. The van der Waals surface area contributed by atoms with Crippen molar-refractivity contribution >= 4 is 27.0 Å². The first kappa shape index (κ1) is 14.9. The van der Waals surface area contributed by atoms with Crippen LogP contribution in [-0.2, 0) is 16.6 Å². The molecule has 0 fully saturated rings. The Labute approximate surface area is 119 Å². The Morgan fingerprint density at radius 1 is 1.25 bits per heavy atom. The number of rotatable bonds is 5. The van der Waals surface area contributed by atoms with E-state index in [-0.39, 0.29) is 4.90 Å². The SMILES string of the molecule is CNCc1sccc1S(=O)(=O)Nc1cccc(F)c1F. The fraction of sp³-hybridized carbons (Fsp3) is 0.167. The van der Waals surface area contributed by atoms with E-state index >= 15 is 0 Å². The molecule has 1 heterocycles. The van der Waals surface area contributed by atoms with Crippen LogP contribution in [0.15, 0.2) is 34.5 Å². The van der Waals surface area contributed by atoms with Crippen LogP contribution in [0.4, 0.5) is 14.5 Å². The van der Waals surface area contributed by atoms with Crippen LogP contribution >= 0.6 is 11.3 Å². The number of sulfonamides is 1. The molecule has 8 heteroatoms. The second-order valence-corrected chi connectivity index (χ2v) is 6.60. The normalized spacial score (nSPS) is 11.6. The zero-order valence-corrected chi connectivity index (χ0v) is 12.1. The minimum Gasteiger partial charge on any atom is -0.315 e. The van der Waals surface area contributed by atoms with Gasteiger partial charge in [0.05, 0.1) is 5.69 Å². The highest BCUT2D eigenvalue weighted by molar-refractivity contribution is 7.93. The maximum atomic E-state index is 13.5. The maximum Gasteiger partial charge on any atom is 0.263 e. The second kappa shape index (κ2) is 5.86. The molecular formula is C12H12F2N2O2S2. The third-order valence-corrected chi connectivity index (χ3v) is 5.03. The van der Waals surface area contributed by atoms with Crippen LogP contribution in [-0.4, -0.2) is 15.5 Å². The van der Waals surface area contributed by atoms with Gasteiger partial charge in [0, 0.05) is 11.4 Å². The molecular weight excluding hydrogens is 306 g/mol. The minimum atomic E-state index is -3.95. The average molecular weight is 318 g/mol. The van der Waals surface area contributed by atoms with E-state index in [0.29, 0.717) is 11.4 Å². The van der Waals surface area contributed by atoms with Gasteiger partial charge in [-0.15, -0.1) is 11.3 Å². The Balaban J connectivity index is 2.36. The first-order chi connectivity index (χ1) is 9.45. The molecule has 0 saturated heterocycles. The van der Waals surface area contributed by atoms with Crippen LogP contribution in [0.1, 0.15) is 4.88 Å². The standard InChI is InChI=1S/C12H12F2N2O2S2/c1-15-7-10-11(5-6-19-10)20(17,18)16-9-4-2-3-8(13)12(9)14/h2-6,15-16H,7H2,1H3. The van der Waals surface area contributed by atoms with Crippen LogP contribution in [0, 0.1) is 11.6 Å². The monoisotopic (exact) mass is 318 g/mol. The summed E-state index contributed by atoms with van der Waals surface area (Å²) in [5, 5.41) is 4.48. The highest BCUT2D eigenvalue weighted by Gasteiger charge is 2.21. The highest BCUT2D eigenvalue weighted by atomic mass is 32.2. The zero-order valence-electron chi connectivity index (χ0n) is 10.5. The highest BCUT2D eigenvalue weighted by Crippen LogP contribution is 2.25. The summed E-state index contributed by atoms with van der Waals surface area (Å²) in [7, 11) is -2.26. The van der Waals surface area contributed by atoms with E-state index in [1.807, 2.05) is 0 Å². The van der Waals surface area contributed by atoms with Crippen molar-refractivity contribution in [2.75, 3.05) is 11.8 Å². The number of hydrogen-bond acceptors (Lipinski definition) is 4. The van der Waals surface area contributed by atoms with Crippen molar-refractivity contribution < 1.29 is 17.2 Å². The van der Waals surface area contributed by atoms with Gasteiger partial charge in [-0.3, -0.25) is 4.72 Å². The van der Waals surface area contributed by atoms with Crippen LogP contribution in [0.5, 0.6) is 0 Å². The number of anilines is 1. The van der Waals surface area contributed by atoms with Crippen molar-refractivity contribution in [3.05, 3.63) is 46.2 Å². The average Bonchev–Trinajstić information content (AvgIpc) is 2.84. The van der Waals surface area contributed by atoms with Gasteiger partial charge in [-0.25, -0.2) is 17.2 Å². The van der Waals surface area contributed by atoms with Crippen molar-refractivity contribution in [3.8, 4) is 0 Å². The Morgan fingerprint density at radius 3 is 2.70 bits per heavy atom. The molecule has 1 aromatic heterocycles. The summed E-state index contributed by atoms with van der Waals surface area (Å²) >= 11 is 1.27. The van der Waals surface area contributed by atoms with Gasteiger partial charge < -0.3 is 5.32 Å². The van der Waals surface area contributed by atoms with E-state index in [0.717, 1.165) is 6.07 Å². The van der Waals surface area contributed by atoms with Gasteiger partial charge in [0.15, 0.2) is 11.6 Å². The largest absolute Gasteiger partial charge is 0.315 e. The number of hydrogen-bond donors (Lipinski definition) is 2. The van der Waals surface area contributed by atoms with Crippen molar-refractivity contribution in [2.45, 2.75) is 11.4 Å². The fourth-order valence-electron chi connectivity index (χ4n) is 1.64. The molecule has 20 heavy (non-hydrogen) atoms. The van der Waals surface area contributed by atoms with E-state index in [1.54, 1.807) is 12.4 Å². The summed E-state index contributed by atoms with van der Waals surface area (Å²) in [6.07, 6.45) is 0. The lowest BCUT2D eigenvalue weighted by molar-refractivity contribution is 0.511. The van der Waals surface area contributed by atoms with E-state index in [1.165, 1.54) is 29.5 Å². The first-order valence-electron chi connectivity index (χ1n) is 5.63. The number of thiophene rings is 1. The predicted octanol–water partition coefficient (Wildman–Crippen LogP) is 2.55. The Kier molecular flexibility index (Phi) is 4.36. The molecule has 4 nitrogen and oxygen atoms in total. The van der Waals surface area contributed by atoms with Gasteiger partial charge >= 0.3 is 0 Å². The summed E-state index contributed by atoms with van der Waals surface area (Å²) in [4.78, 5) is 0.650. The molecule has 0 unspecified atom stereocenters. The molecule has 1 aromatic carbocycles. The van der Waals surface area contributed by atoms with Crippen LogP contribution in [0.25, 0.3) is 0 Å². The van der Waals surface area contributed by atoms with E-state index < -0.39 is 27.3 Å². The van der Waals surface area contributed by atoms with E-state index in [4.69, 9.17) is 0 Å². The predicted molar refractivity (Wildman–Crippen MR) is 74.2 cm³/mol. The minimum absolute atomic E-state index is 0.0560. The molecule has 0 amide bonds. The van der Waals surface area contributed by atoms with Gasteiger partial charge in [-0.2, -0.15) is 0 Å². The topological polar surface area (TPSA) is 58.2 Å². The fourth-order valence-corrected chi connectivity index (χ4v) is 4.16. The van der Waals surface area contributed by atoms with Gasteiger partial charge in [0.1, 0.15) is 4.90 Å². The van der Waals surface area contributed by atoms with Crippen LogP contribution in [0.2, 0.25) is 0 Å². The molecule has 0 aliphatic carbocycles. The zero-order chi connectivity index (χ0) is 14.8. The number of nitrogens with one attached hydrogen (secondary N) is 2. The van der Waals surface area contributed by atoms with Crippen molar-refractivity contribution in [1.82, 2.24) is 5.32 Å². The third kappa shape index (κ3) is 2.97. The Bertz CT molecular complexity index is 714. The molecule has 0 aliphatic rings. The quantitative estimate of drug-likeness (QED) is 0.891. The number of benzene rings is 1. The first-order valence-corrected chi connectivity index (χ1v) is 8.00. The van der Waals surface area contributed by atoms with E-state index in [2.05, 4.69) is 10.0 Å². The summed E-state index contributed by atoms with van der Waals surface area (Å²) in [6.45, 7) is 0.375. The molecule has 0 saturated carbocycles. The van der Waals surface area contributed by atoms with Crippen LogP contribution in [0.3, 0.4) is 0 Å². The van der Waals surface area contributed by atoms with Crippen molar-refractivity contribution in [3.63, 3.8) is 0 Å². The maximum absolute atomic E-state index is 13.5. The molecule has 2 rings (SSSR count). The van der Waals surface area contributed by atoms with Crippen LogP contribution < -0.4 is 10.0 Å². The summed E-state index contributed by atoms with van der Waals surface area (Å²) < 4.78 is 53.1. The smallest absolute Gasteiger partial charge is 0.263 e. The van der Waals surface area contributed by atoms with Gasteiger partial charge in [-0.1, -0.05) is 6.07 Å². The van der Waals surface area contributed by atoms with Gasteiger partial charge in [0.2, 0.25) is 0 Å². The summed E-state index contributed by atoms with van der Waals surface area (Å²) in [6, 6.07) is 4.75. The van der Waals surface area contributed by atoms with E-state index in [9.17, 15) is 17.2 Å². The Hall–Kier alpha value is -1.51. The number of halogens is 2. The Morgan fingerprint density at radius 2 is 2.00 bits per heavy atom. The summed E-state index contributed by atoms with van der Waals surface area (Å²) in [5.74, 6) is -2.33. The van der Waals surface area contributed by atoms with Crippen molar-refractivity contribution in [2.24, 2.45) is 0 Å². The molecule has 0 bridgehead atoms. The van der Waals surface area contributed by atoms with Crippen molar-refractivity contribution in [1.29, 1.82) is 0 Å².